The molecule has 1 aliphatic heterocycles. The quantitative estimate of drug-likeness (QED) is 0.707. The van der Waals surface area contributed by atoms with Crippen molar-refractivity contribution in [3.05, 3.63) is 47.7 Å². The molecule has 3 aromatic rings. The van der Waals surface area contributed by atoms with Crippen LogP contribution in [0.25, 0.3) is 11.0 Å². The minimum absolute atomic E-state index is 0.0575. The van der Waals surface area contributed by atoms with Crippen LogP contribution in [0.15, 0.2) is 35.1 Å². The van der Waals surface area contributed by atoms with E-state index in [0.29, 0.717) is 17.8 Å². The third kappa shape index (κ3) is 3.54. The maximum atomic E-state index is 12.9. The van der Waals surface area contributed by atoms with Crippen LogP contribution in [-0.2, 0) is 0 Å². The van der Waals surface area contributed by atoms with Gasteiger partial charge in [-0.3, -0.25) is 9.69 Å². The first-order chi connectivity index (χ1) is 13.5. The topological polar surface area (TPSA) is 76.2 Å². The Morgan fingerprint density at radius 2 is 2.11 bits per heavy atom. The van der Waals surface area contributed by atoms with Gasteiger partial charge < -0.3 is 9.73 Å². The highest BCUT2D eigenvalue weighted by atomic mass is 16.3. The lowest BCUT2D eigenvalue weighted by molar-refractivity contribution is 0.0933. The molecule has 0 aliphatic carbocycles. The number of aromatic nitrogens is 3. The number of likely N-dealkylation sites (tertiary alicyclic amines) is 1. The van der Waals surface area contributed by atoms with Gasteiger partial charge in [0.1, 0.15) is 5.76 Å². The van der Waals surface area contributed by atoms with E-state index in [1.54, 1.807) is 12.5 Å². The van der Waals surface area contributed by atoms with Gasteiger partial charge in [0, 0.05) is 18.0 Å². The van der Waals surface area contributed by atoms with Crippen molar-refractivity contribution >= 4 is 16.9 Å². The van der Waals surface area contributed by atoms with Gasteiger partial charge in [-0.2, -0.15) is 5.10 Å². The van der Waals surface area contributed by atoms with Crippen LogP contribution in [-0.4, -0.2) is 45.2 Å². The molecule has 1 unspecified atom stereocenters. The van der Waals surface area contributed by atoms with Crippen LogP contribution in [0.5, 0.6) is 0 Å². The Balaban J connectivity index is 1.53. The Morgan fingerprint density at radius 1 is 1.32 bits per heavy atom. The summed E-state index contributed by atoms with van der Waals surface area (Å²) in [6, 6.07) is 6.04. The summed E-state index contributed by atoms with van der Waals surface area (Å²) >= 11 is 0. The summed E-state index contributed by atoms with van der Waals surface area (Å²) in [5.41, 5.74) is 2.12. The van der Waals surface area contributed by atoms with Crippen LogP contribution in [0.4, 0.5) is 0 Å². The molecule has 4 heterocycles. The number of hydrogen-bond donors (Lipinski definition) is 1. The SMILES string of the molecule is Cc1nc2c(cnn2C(C)C)cc1C(=O)NCC(c1ccco1)N1CCCC1. The van der Waals surface area contributed by atoms with E-state index in [4.69, 9.17) is 4.42 Å². The average Bonchev–Trinajstić information content (AvgIpc) is 3.42. The molecule has 0 saturated carbocycles. The highest BCUT2D eigenvalue weighted by molar-refractivity contribution is 5.98. The normalized spacial score (nSPS) is 16.1. The molecule has 0 aromatic carbocycles. The first-order valence-electron chi connectivity index (χ1n) is 9.95. The summed E-state index contributed by atoms with van der Waals surface area (Å²) < 4.78 is 7.52. The van der Waals surface area contributed by atoms with Crippen molar-refractivity contribution in [3.8, 4) is 0 Å². The summed E-state index contributed by atoms with van der Waals surface area (Å²) in [5, 5.41) is 8.37. The number of furan rings is 1. The van der Waals surface area contributed by atoms with E-state index in [9.17, 15) is 4.79 Å². The lowest BCUT2D eigenvalue weighted by Gasteiger charge is -2.26. The molecule has 28 heavy (non-hydrogen) atoms. The predicted octanol–water partition coefficient (Wildman–Crippen LogP) is 3.48. The predicted molar refractivity (Wildman–Crippen MR) is 107 cm³/mol. The highest BCUT2D eigenvalue weighted by Crippen LogP contribution is 2.25. The number of aryl methyl sites for hydroxylation is 1. The number of carbonyl (C=O) groups excluding carboxylic acids is 1. The molecule has 0 radical (unpaired) electrons. The molecule has 0 spiro atoms. The lowest BCUT2D eigenvalue weighted by Crippen LogP contribution is -2.36. The summed E-state index contributed by atoms with van der Waals surface area (Å²) in [7, 11) is 0. The molecular formula is C21H27N5O2. The number of hydrogen-bond acceptors (Lipinski definition) is 5. The second-order valence-electron chi connectivity index (χ2n) is 7.70. The van der Waals surface area contributed by atoms with Crippen LogP contribution in [0.2, 0.25) is 0 Å². The van der Waals surface area contributed by atoms with Gasteiger partial charge >= 0.3 is 0 Å². The molecule has 0 bridgehead atoms. The Labute approximate surface area is 164 Å². The zero-order valence-corrected chi connectivity index (χ0v) is 16.7. The Hall–Kier alpha value is -2.67. The van der Waals surface area contributed by atoms with E-state index in [1.165, 1.54) is 12.8 Å². The molecule has 148 valence electrons. The lowest BCUT2D eigenvalue weighted by atomic mass is 10.1. The standard InChI is InChI=1S/C21H27N5O2/c1-14(2)26-20-16(12-23-26)11-17(15(3)24-20)21(27)22-13-18(19-7-6-10-28-19)25-8-4-5-9-25/h6-7,10-12,14,18H,4-5,8-9,13H2,1-3H3,(H,22,27). The van der Waals surface area contributed by atoms with Gasteiger partial charge in [-0.1, -0.05) is 0 Å². The van der Waals surface area contributed by atoms with Crippen LogP contribution in [0, 0.1) is 6.92 Å². The second-order valence-corrected chi connectivity index (χ2v) is 7.70. The molecule has 1 N–H and O–H groups in total. The third-order valence-corrected chi connectivity index (χ3v) is 5.40. The summed E-state index contributed by atoms with van der Waals surface area (Å²) in [6.07, 6.45) is 5.83. The van der Waals surface area contributed by atoms with E-state index in [1.807, 2.05) is 29.8 Å². The van der Waals surface area contributed by atoms with Crippen molar-refractivity contribution in [3.63, 3.8) is 0 Å². The largest absolute Gasteiger partial charge is 0.468 e. The number of amides is 1. The molecule has 1 atom stereocenters. The van der Waals surface area contributed by atoms with Crippen LogP contribution < -0.4 is 5.32 Å². The van der Waals surface area contributed by atoms with Gasteiger partial charge in [-0.05, 0) is 64.9 Å². The van der Waals surface area contributed by atoms with Gasteiger partial charge in [-0.25, -0.2) is 9.67 Å². The van der Waals surface area contributed by atoms with E-state index < -0.39 is 0 Å². The summed E-state index contributed by atoms with van der Waals surface area (Å²) in [4.78, 5) is 19.9. The van der Waals surface area contributed by atoms with Crippen molar-refractivity contribution in [2.24, 2.45) is 0 Å². The molecule has 1 aliphatic rings. The molecule has 7 nitrogen and oxygen atoms in total. The maximum absolute atomic E-state index is 12.9. The monoisotopic (exact) mass is 381 g/mol. The van der Waals surface area contributed by atoms with Gasteiger partial charge in [0.25, 0.3) is 5.91 Å². The minimum Gasteiger partial charge on any atom is -0.468 e. The van der Waals surface area contributed by atoms with Crippen molar-refractivity contribution in [1.29, 1.82) is 0 Å². The van der Waals surface area contributed by atoms with E-state index in [-0.39, 0.29) is 18.0 Å². The molecule has 1 amide bonds. The molecule has 4 rings (SSSR count). The number of nitrogens with one attached hydrogen (secondary N) is 1. The van der Waals surface area contributed by atoms with E-state index in [2.05, 4.69) is 34.1 Å². The van der Waals surface area contributed by atoms with Gasteiger partial charge in [0.05, 0.1) is 29.8 Å². The van der Waals surface area contributed by atoms with Crippen molar-refractivity contribution < 1.29 is 9.21 Å². The molecule has 3 aromatic heterocycles. The Kier molecular flexibility index (Phi) is 5.17. The Morgan fingerprint density at radius 3 is 2.79 bits per heavy atom. The molecule has 1 saturated heterocycles. The fourth-order valence-electron chi connectivity index (χ4n) is 3.90. The van der Waals surface area contributed by atoms with Crippen molar-refractivity contribution in [2.45, 2.75) is 45.7 Å². The summed E-state index contributed by atoms with van der Waals surface area (Å²) in [6.45, 7) is 8.57. The number of nitrogens with zero attached hydrogens (tertiary/aromatic N) is 4. The summed E-state index contributed by atoms with van der Waals surface area (Å²) in [5.74, 6) is 0.783. The van der Waals surface area contributed by atoms with Crippen LogP contribution >= 0.6 is 0 Å². The van der Waals surface area contributed by atoms with Crippen molar-refractivity contribution in [1.82, 2.24) is 25.0 Å². The van der Waals surface area contributed by atoms with Crippen LogP contribution in [0.1, 0.15) is 60.6 Å². The van der Waals surface area contributed by atoms with E-state index >= 15 is 0 Å². The van der Waals surface area contributed by atoms with E-state index in [0.717, 1.165) is 29.9 Å². The number of rotatable bonds is 6. The highest BCUT2D eigenvalue weighted by Gasteiger charge is 2.26. The van der Waals surface area contributed by atoms with Gasteiger partial charge in [0.15, 0.2) is 5.65 Å². The number of carbonyl (C=O) groups is 1. The zero-order valence-electron chi connectivity index (χ0n) is 16.7. The van der Waals surface area contributed by atoms with Gasteiger partial charge in [-0.15, -0.1) is 0 Å². The first kappa shape index (κ1) is 18.7. The number of fused-ring (bicyclic) bond motifs is 1. The minimum atomic E-state index is -0.111. The van der Waals surface area contributed by atoms with Gasteiger partial charge in [0.2, 0.25) is 0 Å². The Bertz CT molecular complexity index is 955. The van der Waals surface area contributed by atoms with Crippen molar-refractivity contribution in [2.75, 3.05) is 19.6 Å². The second kappa shape index (κ2) is 7.75. The first-order valence-corrected chi connectivity index (χ1v) is 9.95. The average molecular weight is 381 g/mol. The number of pyridine rings is 1. The fourth-order valence-corrected chi connectivity index (χ4v) is 3.90. The molecular weight excluding hydrogens is 354 g/mol. The maximum Gasteiger partial charge on any atom is 0.253 e. The third-order valence-electron chi connectivity index (χ3n) is 5.40. The molecule has 7 heteroatoms. The zero-order chi connectivity index (χ0) is 19.7. The smallest absolute Gasteiger partial charge is 0.253 e. The molecule has 1 fully saturated rings. The van der Waals surface area contributed by atoms with Crippen LogP contribution in [0.3, 0.4) is 0 Å². The fraction of sp³-hybridized carbons (Fsp3) is 0.476.